The van der Waals surface area contributed by atoms with Gasteiger partial charge in [-0.2, -0.15) is 4.98 Å². The van der Waals surface area contributed by atoms with Crippen LogP contribution in [-0.2, 0) is 39.2 Å². The van der Waals surface area contributed by atoms with Crippen LogP contribution >= 0.6 is 0 Å². The Kier molecular flexibility index (Phi) is 8.95. The molecule has 2 amide bonds. The fourth-order valence-electron chi connectivity index (χ4n) is 3.74. The van der Waals surface area contributed by atoms with Crippen molar-refractivity contribution >= 4 is 17.8 Å². The standard InChI is InChI=1S/C28H32N4O5/c1-28(2,3)23-14-15-32(27(37)31-23)18-24(33)29-21(16-19-10-6-4-7-11-19)25(34)30-22(26(35)36)17-20-12-8-5-9-13-20/h4-15,21-22H,16-18H2,1-3H3,(H,29,33)(H,30,34)(H,35,36). The van der Waals surface area contributed by atoms with Gasteiger partial charge in [-0.3, -0.25) is 14.2 Å². The van der Waals surface area contributed by atoms with Crippen LogP contribution in [0.5, 0.6) is 0 Å². The Morgan fingerprint density at radius 1 is 0.865 bits per heavy atom. The summed E-state index contributed by atoms with van der Waals surface area (Å²) in [5.74, 6) is -2.38. The second kappa shape index (κ2) is 12.1. The van der Waals surface area contributed by atoms with Crippen molar-refractivity contribution in [2.75, 3.05) is 0 Å². The van der Waals surface area contributed by atoms with Crippen molar-refractivity contribution < 1.29 is 19.5 Å². The van der Waals surface area contributed by atoms with Crippen molar-refractivity contribution in [1.29, 1.82) is 0 Å². The van der Waals surface area contributed by atoms with E-state index in [1.807, 2.05) is 57.2 Å². The van der Waals surface area contributed by atoms with Gasteiger partial charge in [-0.1, -0.05) is 81.4 Å². The number of nitrogens with one attached hydrogen (secondary N) is 2. The van der Waals surface area contributed by atoms with Crippen molar-refractivity contribution in [3.63, 3.8) is 0 Å². The lowest BCUT2D eigenvalue weighted by Crippen LogP contribution is -2.53. The Morgan fingerprint density at radius 2 is 1.41 bits per heavy atom. The minimum absolute atomic E-state index is 0.0924. The molecule has 0 radical (unpaired) electrons. The maximum Gasteiger partial charge on any atom is 0.348 e. The van der Waals surface area contributed by atoms with Crippen LogP contribution in [0.25, 0.3) is 0 Å². The lowest BCUT2D eigenvalue weighted by atomic mass is 9.92. The van der Waals surface area contributed by atoms with Crippen LogP contribution < -0.4 is 16.3 Å². The number of hydrogen-bond donors (Lipinski definition) is 3. The third-order valence-corrected chi connectivity index (χ3v) is 5.79. The Hall–Kier alpha value is -4.27. The molecule has 3 aromatic rings. The largest absolute Gasteiger partial charge is 0.480 e. The number of benzene rings is 2. The number of aromatic nitrogens is 2. The Labute approximate surface area is 215 Å². The van der Waals surface area contributed by atoms with Gasteiger partial charge in [0, 0.05) is 24.5 Å². The summed E-state index contributed by atoms with van der Waals surface area (Å²) in [4.78, 5) is 54.4. The Bertz CT molecular complexity index is 1280. The lowest BCUT2D eigenvalue weighted by molar-refractivity contribution is -0.142. The predicted octanol–water partition coefficient (Wildman–Crippen LogP) is 2.08. The van der Waals surface area contributed by atoms with E-state index in [0.29, 0.717) is 5.69 Å². The van der Waals surface area contributed by atoms with Gasteiger partial charge in [0.1, 0.15) is 18.6 Å². The number of amides is 2. The molecule has 3 N–H and O–H groups in total. The van der Waals surface area contributed by atoms with Gasteiger partial charge in [-0.05, 0) is 17.2 Å². The molecule has 0 bridgehead atoms. The summed E-state index contributed by atoms with van der Waals surface area (Å²) < 4.78 is 1.16. The molecule has 2 aromatic carbocycles. The molecule has 0 fully saturated rings. The first-order valence-electron chi connectivity index (χ1n) is 12.0. The van der Waals surface area contributed by atoms with Crippen molar-refractivity contribution in [1.82, 2.24) is 20.2 Å². The number of rotatable bonds is 10. The minimum atomic E-state index is -1.18. The van der Waals surface area contributed by atoms with Crippen molar-refractivity contribution in [3.05, 3.63) is 100 Å². The molecule has 2 unspecified atom stereocenters. The number of carboxylic acids is 1. The lowest BCUT2D eigenvalue weighted by Gasteiger charge is -2.22. The van der Waals surface area contributed by atoms with E-state index in [0.717, 1.165) is 15.7 Å². The van der Waals surface area contributed by atoms with Crippen LogP contribution in [0.4, 0.5) is 0 Å². The zero-order valence-corrected chi connectivity index (χ0v) is 21.2. The van der Waals surface area contributed by atoms with Crippen LogP contribution in [0.3, 0.4) is 0 Å². The summed E-state index contributed by atoms with van der Waals surface area (Å²) >= 11 is 0. The van der Waals surface area contributed by atoms with E-state index >= 15 is 0 Å². The van der Waals surface area contributed by atoms with Crippen LogP contribution in [0.2, 0.25) is 0 Å². The van der Waals surface area contributed by atoms with E-state index < -0.39 is 35.6 Å². The highest BCUT2D eigenvalue weighted by atomic mass is 16.4. The van der Waals surface area contributed by atoms with E-state index in [-0.39, 0.29) is 24.8 Å². The summed E-state index contributed by atoms with van der Waals surface area (Å²) in [6.07, 6.45) is 1.74. The number of aliphatic carboxylic acids is 1. The maximum absolute atomic E-state index is 13.2. The third-order valence-electron chi connectivity index (χ3n) is 5.79. The molecule has 0 aliphatic rings. The number of carbonyl (C=O) groups is 3. The normalized spacial score (nSPS) is 12.8. The third kappa shape index (κ3) is 8.13. The summed E-state index contributed by atoms with van der Waals surface area (Å²) in [6, 6.07) is 17.5. The van der Waals surface area contributed by atoms with Crippen molar-refractivity contribution in [2.24, 2.45) is 0 Å². The fraction of sp³-hybridized carbons (Fsp3) is 0.321. The molecule has 194 valence electrons. The van der Waals surface area contributed by atoms with Crippen LogP contribution in [0, 0.1) is 0 Å². The summed E-state index contributed by atoms with van der Waals surface area (Å²) in [7, 11) is 0. The molecule has 0 aliphatic heterocycles. The second-order valence-electron chi connectivity index (χ2n) is 9.87. The zero-order chi connectivity index (χ0) is 27.0. The number of carbonyl (C=O) groups excluding carboxylic acids is 2. The van der Waals surface area contributed by atoms with Gasteiger partial charge < -0.3 is 15.7 Å². The first-order valence-corrected chi connectivity index (χ1v) is 12.0. The molecule has 0 aliphatic carbocycles. The highest BCUT2D eigenvalue weighted by Crippen LogP contribution is 2.17. The molecule has 0 saturated heterocycles. The van der Waals surface area contributed by atoms with E-state index in [4.69, 9.17) is 0 Å². The van der Waals surface area contributed by atoms with Gasteiger partial charge in [-0.25, -0.2) is 9.59 Å². The Balaban J connectivity index is 1.76. The number of nitrogens with zero attached hydrogens (tertiary/aromatic N) is 2. The molecular weight excluding hydrogens is 472 g/mol. The highest BCUT2D eigenvalue weighted by molar-refractivity contribution is 5.90. The van der Waals surface area contributed by atoms with Gasteiger partial charge in [0.15, 0.2) is 0 Å². The molecular formula is C28H32N4O5. The molecule has 3 rings (SSSR count). The van der Waals surface area contributed by atoms with Gasteiger partial charge in [-0.15, -0.1) is 0 Å². The zero-order valence-electron chi connectivity index (χ0n) is 21.2. The summed E-state index contributed by atoms with van der Waals surface area (Å²) in [5, 5.41) is 14.9. The minimum Gasteiger partial charge on any atom is -0.480 e. The van der Waals surface area contributed by atoms with E-state index in [9.17, 15) is 24.3 Å². The van der Waals surface area contributed by atoms with E-state index in [1.54, 1.807) is 30.3 Å². The van der Waals surface area contributed by atoms with Gasteiger partial charge in [0.05, 0.1) is 5.69 Å². The van der Waals surface area contributed by atoms with Crippen molar-refractivity contribution in [3.8, 4) is 0 Å². The van der Waals surface area contributed by atoms with Crippen molar-refractivity contribution in [2.45, 2.75) is 57.7 Å². The molecule has 9 nitrogen and oxygen atoms in total. The Morgan fingerprint density at radius 3 is 1.89 bits per heavy atom. The number of carboxylic acid groups (broad SMARTS) is 1. The maximum atomic E-state index is 13.2. The monoisotopic (exact) mass is 504 g/mol. The predicted molar refractivity (Wildman–Crippen MR) is 139 cm³/mol. The molecule has 1 aromatic heterocycles. The van der Waals surface area contributed by atoms with Gasteiger partial charge >= 0.3 is 11.7 Å². The molecule has 37 heavy (non-hydrogen) atoms. The highest BCUT2D eigenvalue weighted by Gasteiger charge is 2.27. The summed E-state index contributed by atoms with van der Waals surface area (Å²) in [6.45, 7) is 5.46. The average molecular weight is 505 g/mol. The van der Waals surface area contributed by atoms with E-state index in [1.165, 1.54) is 6.20 Å². The molecule has 9 heteroatoms. The number of hydrogen-bond acceptors (Lipinski definition) is 5. The second-order valence-corrected chi connectivity index (χ2v) is 9.87. The first kappa shape index (κ1) is 27.3. The SMILES string of the molecule is CC(C)(C)c1ccn(CC(=O)NC(Cc2ccccc2)C(=O)NC(Cc2ccccc2)C(=O)O)c(=O)n1. The van der Waals surface area contributed by atoms with Gasteiger partial charge in [0.2, 0.25) is 11.8 Å². The quantitative estimate of drug-likeness (QED) is 0.388. The van der Waals surface area contributed by atoms with Gasteiger partial charge in [0.25, 0.3) is 0 Å². The van der Waals surface area contributed by atoms with E-state index in [2.05, 4.69) is 15.6 Å². The van der Waals surface area contributed by atoms with Crippen LogP contribution in [0.1, 0.15) is 37.6 Å². The first-order chi connectivity index (χ1) is 17.5. The topological polar surface area (TPSA) is 130 Å². The molecule has 1 heterocycles. The van der Waals surface area contributed by atoms with Crippen LogP contribution in [0.15, 0.2) is 77.7 Å². The average Bonchev–Trinajstić information content (AvgIpc) is 2.85. The smallest absolute Gasteiger partial charge is 0.348 e. The molecule has 0 spiro atoms. The van der Waals surface area contributed by atoms with Crippen LogP contribution in [-0.4, -0.2) is 44.5 Å². The molecule has 2 atom stereocenters. The molecule has 0 saturated carbocycles. The summed E-state index contributed by atoms with van der Waals surface area (Å²) in [5.41, 5.74) is 1.25. The fourth-order valence-corrected chi connectivity index (χ4v) is 3.74.